The van der Waals surface area contributed by atoms with E-state index in [1.165, 1.54) is 13.0 Å². The van der Waals surface area contributed by atoms with E-state index < -0.39 is 16.7 Å². The van der Waals surface area contributed by atoms with Gasteiger partial charge in [-0.15, -0.1) is 0 Å². The monoisotopic (exact) mass is 281 g/mol. The molecule has 0 aliphatic carbocycles. The van der Waals surface area contributed by atoms with Crippen molar-refractivity contribution >= 4 is 22.2 Å². The second-order valence-electron chi connectivity index (χ2n) is 2.91. The van der Waals surface area contributed by atoms with Gasteiger partial charge in [-0.25, -0.2) is 4.98 Å². The minimum absolute atomic E-state index is 0.193. The number of aromatic nitrogens is 1. The highest BCUT2D eigenvalue weighted by molar-refractivity contribution is 9.09. The largest absolute Gasteiger partial charge is 0.433 e. The molecular formula is C9H7BrF3NO. The number of rotatable bonds is 2. The van der Waals surface area contributed by atoms with Crippen molar-refractivity contribution in [3.05, 3.63) is 29.1 Å². The second kappa shape index (κ2) is 4.30. The van der Waals surface area contributed by atoms with E-state index in [-0.39, 0.29) is 5.69 Å². The van der Waals surface area contributed by atoms with Gasteiger partial charge in [0, 0.05) is 5.69 Å². The molecule has 0 aliphatic heterocycles. The third kappa shape index (κ3) is 2.77. The Balaban J connectivity index is 3.14. The van der Waals surface area contributed by atoms with E-state index in [0.29, 0.717) is 11.8 Å². The predicted molar refractivity (Wildman–Crippen MR) is 51.7 cm³/mol. The molecule has 0 saturated carbocycles. The van der Waals surface area contributed by atoms with E-state index >= 15 is 0 Å². The first-order valence-corrected chi connectivity index (χ1v) is 4.92. The van der Waals surface area contributed by atoms with Crippen LogP contribution in [0, 0.1) is 6.92 Å². The summed E-state index contributed by atoms with van der Waals surface area (Å²) in [5.41, 5.74) is -0.314. The summed E-state index contributed by atoms with van der Waals surface area (Å²) >= 11 is 3.02. The zero-order valence-corrected chi connectivity index (χ0v) is 9.26. The Morgan fingerprint density at radius 2 is 2.07 bits per heavy atom. The maximum Gasteiger partial charge on any atom is 0.433 e. The van der Waals surface area contributed by atoms with Crippen LogP contribution >= 0.6 is 15.9 Å². The number of aryl methyl sites for hydroxylation is 1. The van der Waals surface area contributed by atoms with E-state index in [9.17, 15) is 18.0 Å². The lowest BCUT2D eigenvalue weighted by atomic mass is 10.1. The molecular weight excluding hydrogens is 275 g/mol. The first-order valence-electron chi connectivity index (χ1n) is 4.00. The van der Waals surface area contributed by atoms with E-state index in [1.54, 1.807) is 0 Å². The van der Waals surface area contributed by atoms with Crippen molar-refractivity contribution in [1.82, 2.24) is 4.98 Å². The number of hydrogen-bond acceptors (Lipinski definition) is 2. The van der Waals surface area contributed by atoms with E-state index in [0.717, 1.165) is 6.07 Å². The average molecular weight is 282 g/mol. The molecule has 1 rings (SSSR count). The fraction of sp³-hybridized carbons (Fsp3) is 0.333. The zero-order valence-electron chi connectivity index (χ0n) is 7.68. The molecule has 15 heavy (non-hydrogen) atoms. The van der Waals surface area contributed by atoms with Gasteiger partial charge in [-0.1, -0.05) is 22.0 Å². The van der Waals surface area contributed by atoms with Gasteiger partial charge in [0.25, 0.3) is 0 Å². The van der Waals surface area contributed by atoms with Crippen LogP contribution in [0.4, 0.5) is 13.2 Å². The van der Waals surface area contributed by atoms with Gasteiger partial charge in [0.15, 0.2) is 0 Å². The van der Waals surface area contributed by atoms with Crippen LogP contribution in [0.2, 0.25) is 0 Å². The number of hydrogen-bond donors (Lipinski definition) is 0. The standard InChI is InChI=1S/C9H7BrF3NO/c1-5-6(7(10)4-15)2-3-8(14-5)9(11,12)13/h2-4,7H,1H3. The van der Waals surface area contributed by atoms with Gasteiger partial charge in [0.1, 0.15) is 12.0 Å². The fourth-order valence-electron chi connectivity index (χ4n) is 1.09. The molecule has 1 aromatic heterocycles. The summed E-state index contributed by atoms with van der Waals surface area (Å²) < 4.78 is 36.7. The smallest absolute Gasteiger partial charge is 0.302 e. The molecule has 0 radical (unpaired) electrons. The summed E-state index contributed by atoms with van der Waals surface area (Å²) in [6, 6.07) is 2.11. The normalized spacial score (nSPS) is 13.7. The van der Waals surface area contributed by atoms with Crippen molar-refractivity contribution in [3.8, 4) is 0 Å². The number of carbonyl (C=O) groups excluding carboxylic acids is 1. The number of halogens is 4. The fourth-order valence-corrected chi connectivity index (χ4v) is 1.58. The maximum absolute atomic E-state index is 12.2. The van der Waals surface area contributed by atoms with Gasteiger partial charge in [-0.05, 0) is 18.6 Å². The molecule has 0 bridgehead atoms. The Morgan fingerprint density at radius 1 is 1.47 bits per heavy atom. The molecule has 1 heterocycles. The topological polar surface area (TPSA) is 30.0 Å². The lowest BCUT2D eigenvalue weighted by Gasteiger charge is -2.10. The van der Waals surface area contributed by atoms with E-state index in [4.69, 9.17) is 0 Å². The highest BCUT2D eigenvalue weighted by Crippen LogP contribution is 2.30. The van der Waals surface area contributed by atoms with Crippen LogP contribution in [0.25, 0.3) is 0 Å². The number of aldehydes is 1. The summed E-state index contributed by atoms with van der Waals surface area (Å²) in [5, 5.41) is 0. The van der Waals surface area contributed by atoms with Crippen LogP contribution in [0.1, 0.15) is 21.8 Å². The molecule has 6 heteroatoms. The molecule has 0 amide bonds. The summed E-state index contributed by atoms with van der Waals surface area (Å²) in [6.45, 7) is 1.43. The molecule has 82 valence electrons. The van der Waals surface area contributed by atoms with Crippen LogP contribution in [0.5, 0.6) is 0 Å². The Morgan fingerprint density at radius 3 is 2.47 bits per heavy atom. The minimum Gasteiger partial charge on any atom is -0.302 e. The van der Waals surface area contributed by atoms with E-state index in [1.807, 2.05) is 0 Å². The summed E-state index contributed by atoms with van der Waals surface area (Å²) in [6.07, 6.45) is -3.86. The Kier molecular flexibility index (Phi) is 3.49. The molecule has 0 N–H and O–H groups in total. The number of alkyl halides is 4. The van der Waals surface area contributed by atoms with Gasteiger partial charge in [0.05, 0.1) is 4.83 Å². The molecule has 0 aliphatic rings. The molecule has 0 saturated heterocycles. The molecule has 0 aromatic carbocycles. The van der Waals surface area contributed by atoms with Crippen LogP contribution < -0.4 is 0 Å². The quantitative estimate of drug-likeness (QED) is 0.616. The van der Waals surface area contributed by atoms with Gasteiger partial charge >= 0.3 is 6.18 Å². The zero-order chi connectivity index (χ0) is 11.6. The Hall–Kier alpha value is -0.910. The van der Waals surface area contributed by atoms with Crippen molar-refractivity contribution in [3.63, 3.8) is 0 Å². The molecule has 1 unspecified atom stereocenters. The molecule has 1 aromatic rings. The summed E-state index contributed by atoms with van der Waals surface area (Å²) in [5.74, 6) is 0. The molecule has 1 atom stereocenters. The van der Waals surface area contributed by atoms with Crippen LogP contribution in [-0.2, 0) is 11.0 Å². The Labute approximate surface area is 92.6 Å². The van der Waals surface area contributed by atoms with Gasteiger partial charge in [0.2, 0.25) is 0 Å². The maximum atomic E-state index is 12.2. The third-order valence-corrected chi connectivity index (χ3v) is 2.54. The first-order chi connectivity index (χ1) is 6.86. The van der Waals surface area contributed by atoms with Crippen molar-refractivity contribution < 1.29 is 18.0 Å². The van der Waals surface area contributed by atoms with Crippen LogP contribution in [0.15, 0.2) is 12.1 Å². The van der Waals surface area contributed by atoms with Crippen molar-refractivity contribution in [2.45, 2.75) is 17.9 Å². The van der Waals surface area contributed by atoms with Crippen LogP contribution in [0.3, 0.4) is 0 Å². The minimum atomic E-state index is -4.45. The second-order valence-corrected chi connectivity index (χ2v) is 3.89. The average Bonchev–Trinajstić information content (AvgIpc) is 2.15. The third-order valence-electron chi connectivity index (χ3n) is 1.83. The highest BCUT2D eigenvalue weighted by Gasteiger charge is 2.32. The summed E-state index contributed by atoms with van der Waals surface area (Å²) in [4.78, 5) is 13.2. The first kappa shape index (κ1) is 12.2. The number of carbonyl (C=O) groups is 1. The molecule has 2 nitrogen and oxygen atoms in total. The van der Waals surface area contributed by atoms with Crippen molar-refractivity contribution in [2.75, 3.05) is 0 Å². The number of pyridine rings is 1. The van der Waals surface area contributed by atoms with Gasteiger partial charge in [-0.3, -0.25) is 0 Å². The van der Waals surface area contributed by atoms with Crippen molar-refractivity contribution in [2.24, 2.45) is 0 Å². The van der Waals surface area contributed by atoms with E-state index in [2.05, 4.69) is 20.9 Å². The SMILES string of the molecule is Cc1nc(C(F)(F)F)ccc1C(Br)C=O. The van der Waals surface area contributed by atoms with Crippen LogP contribution in [-0.4, -0.2) is 11.3 Å². The number of nitrogens with zero attached hydrogens (tertiary/aromatic N) is 1. The lowest BCUT2D eigenvalue weighted by Crippen LogP contribution is -2.10. The predicted octanol–water partition coefficient (Wildman–Crippen LogP) is 3.04. The highest BCUT2D eigenvalue weighted by atomic mass is 79.9. The molecule has 0 fully saturated rings. The van der Waals surface area contributed by atoms with Gasteiger partial charge < -0.3 is 4.79 Å². The molecule has 0 spiro atoms. The summed E-state index contributed by atoms with van der Waals surface area (Å²) in [7, 11) is 0. The Bertz CT molecular complexity index is 378. The lowest BCUT2D eigenvalue weighted by molar-refractivity contribution is -0.141. The van der Waals surface area contributed by atoms with Crippen molar-refractivity contribution in [1.29, 1.82) is 0 Å². The van der Waals surface area contributed by atoms with Gasteiger partial charge in [-0.2, -0.15) is 13.2 Å².